The maximum atomic E-state index is 13.1. The Hall–Kier alpha value is -2.37. The highest BCUT2D eigenvalue weighted by atomic mass is 16.7. The van der Waals surface area contributed by atoms with Crippen molar-refractivity contribution in [1.29, 1.82) is 0 Å². The Bertz CT molecular complexity index is 1420. The minimum atomic E-state index is -1.58. The molecule has 1 aliphatic heterocycles. The Balaban J connectivity index is 2.10. The number of unbranched alkanes of at least 4 members (excludes halogenated alkanes) is 35. The molecule has 0 aromatic heterocycles. The number of hydrogen-bond donors (Lipinski definition) is 6. The zero-order valence-corrected chi connectivity index (χ0v) is 49.3. The molecule has 0 aromatic carbocycles. The van der Waals surface area contributed by atoms with Crippen molar-refractivity contribution in [1.82, 2.24) is 5.32 Å². The predicted molar refractivity (Wildman–Crippen MR) is 322 cm³/mol. The molecule has 1 saturated heterocycles. The highest BCUT2D eigenvalue weighted by Gasteiger charge is 2.44. The minimum Gasteiger partial charge on any atom is -0.394 e. The molecule has 1 heterocycles. The van der Waals surface area contributed by atoms with Gasteiger partial charge in [0, 0.05) is 6.42 Å². The Kier molecular flexibility index (Phi) is 52.7. The van der Waals surface area contributed by atoms with Crippen LogP contribution in [0.25, 0.3) is 0 Å². The van der Waals surface area contributed by atoms with Crippen molar-refractivity contribution < 1.29 is 39.8 Å². The van der Waals surface area contributed by atoms with Crippen LogP contribution in [0.2, 0.25) is 0 Å². The number of nitrogens with one attached hydrogen (secondary N) is 1. The lowest BCUT2D eigenvalue weighted by molar-refractivity contribution is -0.302. The summed E-state index contributed by atoms with van der Waals surface area (Å²) in [4.78, 5) is 13.1. The van der Waals surface area contributed by atoms with Crippen molar-refractivity contribution in [3.63, 3.8) is 0 Å². The lowest BCUT2D eigenvalue weighted by atomic mass is 9.99. The van der Waals surface area contributed by atoms with E-state index in [2.05, 4.69) is 79.9 Å². The number of aliphatic hydroxyl groups excluding tert-OH is 5. The average Bonchev–Trinajstić information content (AvgIpc) is 3.42. The first-order valence-corrected chi connectivity index (χ1v) is 32.2. The van der Waals surface area contributed by atoms with Crippen molar-refractivity contribution in [2.24, 2.45) is 0 Å². The molecule has 6 N–H and O–H groups in total. The fraction of sp³-hybridized carbons (Fsp3) is 0.806. The lowest BCUT2D eigenvalue weighted by Crippen LogP contribution is -2.60. The van der Waals surface area contributed by atoms with Gasteiger partial charge < -0.3 is 40.3 Å². The highest BCUT2D eigenvalue weighted by molar-refractivity contribution is 5.76. The zero-order chi connectivity index (χ0) is 55.0. The summed E-state index contributed by atoms with van der Waals surface area (Å²) in [7, 11) is 0. The van der Waals surface area contributed by atoms with E-state index in [1.165, 1.54) is 205 Å². The number of carbonyl (C=O) groups excluding carboxylic acids is 1. The molecule has 0 bridgehead atoms. The van der Waals surface area contributed by atoms with Gasteiger partial charge in [-0.05, 0) is 83.5 Å². The van der Waals surface area contributed by atoms with Crippen LogP contribution in [0.5, 0.6) is 0 Å². The summed E-state index contributed by atoms with van der Waals surface area (Å²) < 4.78 is 11.3. The zero-order valence-electron chi connectivity index (χ0n) is 49.3. The largest absolute Gasteiger partial charge is 0.394 e. The Morgan fingerprint density at radius 1 is 0.447 bits per heavy atom. The Morgan fingerprint density at radius 2 is 0.789 bits per heavy atom. The van der Waals surface area contributed by atoms with Gasteiger partial charge in [-0.25, -0.2) is 0 Å². The van der Waals surface area contributed by atoms with E-state index in [0.29, 0.717) is 6.42 Å². The van der Waals surface area contributed by atoms with Crippen LogP contribution in [0.1, 0.15) is 290 Å². The SMILES string of the molecule is CCCCCCC/C=C\C/C=C\C/C=C\CCCCCCCCCCCCCCCCCCCCCCCCC(=O)NC(COC1OC(CO)C(O)C(O)C1O)C(O)/C=C/CC/C=C/CC/C=C/CCCCCCCC. The van der Waals surface area contributed by atoms with Gasteiger partial charge in [-0.2, -0.15) is 0 Å². The smallest absolute Gasteiger partial charge is 0.220 e. The molecule has 0 saturated carbocycles. The topological polar surface area (TPSA) is 149 Å². The number of carbonyl (C=O) groups is 1. The molecule has 7 unspecified atom stereocenters. The second-order valence-corrected chi connectivity index (χ2v) is 22.2. The van der Waals surface area contributed by atoms with Gasteiger partial charge in [0.05, 0.1) is 25.4 Å². The molecule has 0 aliphatic carbocycles. The van der Waals surface area contributed by atoms with E-state index in [1.807, 2.05) is 6.08 Å². The van der Waals surface area contributed by atoms with Crippen LogP contribution in [0.4, 0.5) is 0 Å². The predicted octanol–water partition coefficient (Wildman–Crippen LogP) is 16.8. The third kappa shape index (κ3) is 44.5. The first-order chi connectivity index (χ1) is 37.3. The average molecular weight is 1070 g/mol. The fourth-order valence-corrected chi connectivity index (χ4v) is 9.90. The van der Waals surface area contributed by atoms with Gasteiger partial charge in [0.2, 0.25) is 5.91 Å². The first kappa shape index (κ1) is 71.6. The van der Waals surface area contributed by atoms with E-state index in [1.54, 1.807) is 6.08 Å². The lowest BCUT2D eigenvalue weighted by Gasteiger charge is -2.40. The van der Waals surface area contributed by atoms with E-state index < -0.39 is 49.5 Å². The van der Waals surface area contributed by atoms with Crippen LogP contribution in [-0.2, 0) is 14.3 Å². The van der Waals surface area contributed by atoms with E-state index in [-0.39, 0.29) is 12.5 Å². The van der Waals surface area contributed by atoms with E-state index in [9.17, 15) is 30.3 Å². The summed E-state index contributed by atoms with van der Waals surface area (Å²) in [6, 6.07) is -0.829. The van der Waals surface area contributed by atoms with Crippen LogP contribution in [0.15, 0.2) is 72.9 Å². The standard InChI is InChI=1S/C67H121NO8/c1-3-5-7-9-11-13-15-17-19-21-22-23-24-25-26-27-28-29-30-31-32-33-34-35-36-37-38-39-40-41-43-45-47-49-51-53-55-57-63(71)68-60(59-75-67-66(74)65(73)64(72)62(58-69)76-67)61(70)56-54-52-50-48-46-44-42-20-18-16-14-12-10-8-6-4-2/h15,17-18,20-22,24-25,46,48,54,56,60-62,64-67,69-70,72-74H,3-14,16,19,23,26-45,47,49-53,55,57-59H2,1-2H3,(H,68,71)/b17-15-,20-18+,22-21-,25-24-,48-46+,56-54+. The van der Waals surface area contributed by atoms with Crippen molar-refractivity contribution in [3.8, 4) is 0 Å². The fourth-order valence-electron chi connectivity index (χ4n) is 9.90. The van der Waals surface area contributed by atoms with Gasteiger partial charge in [-0.15, -0.1) is 0 Å². The normalized spacial score (nSPS) is 19.3. The molecule has 0 spiro atoms. The summed E-state index contributed by atoms with van der Waals surface area (Å²) in [6.45, 7) is 3.75. The number of rotatable bonds is 55. The van der Waals surface area contributed by atoms with Crippen LogP contribution in [-0.4, -0.2) is 87.5 Å². The van der Waals surface area contributed by atoms with Gasteiger partial charge in [0.15, 0.2) is 6.29 Å². The number of aliphatic hydroxyl groups is 5. The van der Waals surface area contributed by atoms with Crippen molar-refractivity contribution in [3.05, 3.63) is 72.9 Å². The highest BCUT2D eigenvalue weighted by Crippen LogP contribution is 2.23. The van der Waals surface area contributed by atoms with Gasteiger partial charge in [0.25, 0.3) is 0 Å². The second-order valence-electron chi connectivity index (χ2n) is 22.2. The molecule has 9 nitrogen and oxygen atoms in total. The van der Waals surface area contributed by atoms with E-state index in [4.69, 9.17) is 9.47 Å². The van der Waals surface area contributed by atoms with Crippen molar-refractivity contribution in [2.45, 2.75) is 333 Å². The minimum absolute atomic E-state index is 0.189. The maximum Gasteiger partial charge on any atom is 0.220 e. The van der Waals surface area contributed by atoms with E-state index in [0.717, 1.165) is 64.2 Å². The summed E-state index contributed by atoms with van der Waals surface area (Å²) in [6.07, 6.45) is 71.4. The van der Waals surface area contributed by atoms with Gasteiger partial charge >= 0.3 is 0 Å². The molecular weight excluding hydrogens is 947 g/mol. The van der Waals surface area contributed by atoms with Crippen LogP contribution in [0.3, 0.4) is 0 Å². The van der Waals surface area contributed by atoms with Crippen molar-refractivity contribution in [2.75, 3.05) is 13.2 Å². The molecule has 7 atom stereocenters. The van der Waals surface area contributed by atoms with E-state index >= 15 is 0 Å². The number of hydrogen-bond acceptors (Lipinski definition) is 8. The molecule has 76 heavy (non-hydrogen) atoms. The summed E-state index contributed by atoms with van der Waals surface area (Å²) >= 11 is 0. The summed E-state index contributed by atoms with van der Waals surface area (Å²) in [5, 5.41) is 54.5. The summed E-state index contributed by atoms with van der Waals surface area (Å²) in [5.41, 5.74) is 0. The Morgan fingerprint density at radius 3 is 1.20 bits per heavy atom. The number of allylic oxidation sites excluding steroid dienone is 11. The van der Waals surface area contributed by atoms with Gasteiger partial charge in [-0.3, -0.25) is 4.79 Å². The van der Waals surface area contributed by atoms with Gasteiger partial charge in [0.1, 0.15) is 24.4 Å². The molecule has 9 heteroatoms. The van der Waals surface area contributed by atoms with Crippen molar-refractivity contribution >= 4 is 5.91 Å². The molecule has 1 amide bonds. The molecular formula is C67H121NO8. The molecule has 0 aromatic rings. The molecule has 1 fully saturated rings. The summed E-state index contributed by atoms with van der Waals surface area (Å²) in [5.74, 6) is -0.189. The maximum absolute atomic E-state index is 13.1. The molecule has 1 aliphatic rings. The Labute approximate surface area is 468 Å². The first-order valence-electron chi connectivity index (χ1n) is 32.2. The van der Waals surface area contributed by atoms with Crippen LogP contribution < -0.4 is 5.32 Å². The molecule has 442 valence electrons. The third-order valence-electron chi connectivity index (χ3n) is 15.0. The quantitative estimate of drug-likeness (QED) is 0.0261. The third-order valence-corrected chi connectivity index (χ3v) is 15.0. The number of ether oxygens (including phenoxy) is 2. The molecule has 1 rings (SSSR count). The van der Waals surface area contributed by atoms with Crippen LogP contribution >= 0.6 is 0 Å². The van der Waals surface area contributed by atoms with Gasteiger partial charge in [-0.1, -0.05) is 273 Å². The second kappa shape index (κ2) is 55.9. The van der Waals surface area contributed by atoms with Crippen LogP contribution in [0, 0.1) is 0 Å². The molecule has 0 radical (unpaired) electrons. The monoisotopic (exact) mass is 1070 g/mol. The number of amides is 1.